The van der Waals surface area contributed by atoms with Gasteiger partial charge in [0.15, 0.2) is 0 Å². The third-order valence-electron chi connectivity index (χ3n) is 5.16. The Balaban J connectivity index is 1.40. The molecular formula is C25H24N4O2S2. The van der Waals surface area contributed by atoms with Gasteiger partial charge in [-0.25, -0.2) is 9.97 Å². The minimum Gasteiger partial charge on any atom is -0.339 e. The molecule has 0 fully saturated rings. The summed E-state index contributed by atoms with van der Waals surface area (Å²) in [6.07, 6.45) is 1.54. The second-order valence-corrected chi connectivity index (χ2v) is 9.26. The number of thiophene rings is 1. The second-order valence-electron chi connectivity index (χ2n) is 7.27. The number of nitrogens with one attached hydrogen (secondary N) is 1. The summed E-state index contributed by atoms with van der Waals surface area (Å²) in [5.74, 6) is 0.0860. The molecule has 0 spiro atoms. The second kappa shape index (κ2) is 10.6. The molecule has 0 aliphatic carbocycles. The van der Waals surface area contributed by atoms with Crippen LogP contribution in [-0.2, 0) is 4.79 Å². The zero-order valence-corrected chi connectivity index (χ0v) is 20.1. The fraction of sp³-hybridized carbons (Fsp3) is 0.200. The Morgan fingerprint density at radius 1 is 1.00 bits per heavy atom. The van der Waals surface area contributed by atoms with Crippen LogP contribution in [0, 0.1) is 0 Å². The lowest BCUT2D eigenvalue weighted by Crippen LogP contribution is -2.30. The Morgan fingerprint density at radius 2 is 1.73 bits per heavy atom. The third-order valence-corrected chi connectivity index (χ3v) is 7.25. The highest BCUT2D eigenvalue weighted by Crippen LogP contribution is 2.36. The van der Waals surface area contributed by atoms with Crippen LogP contribution < -0.4 is 5.32 Å². The van der Waals surface area contributed by atoms with E-state index >= 15 is 0 Å². The quantitative estimate of drug-likeness (QED) is 0.266. The molecule has 0 atom stereocenters. The first-order valence-corrected chi connectivity index (χ1v) is 12.5. The van der Waals surface area contributed by atoms with E-state index < -0.39 is 0 Å². The highest BCUT2D eigenvalue weighted by atomic mass is 32.2. The van der Waals surface area contributed by atoms with Crippen LogP contribution in [0.1, 0.15) is 24.2 Å². The average Bonchev–Trinajstić information content (AvgIpc) is 3.29. The number of rotatable bonds is 8. The third kappa shape index (κ3) is 5.40. The van der Waals surface area contributed by atoms with E-state index in [4.69, 9.17) is 0 Å². The highest BCUT2D eigenvalue weighted by Gasteiger charge is 2.14. The van der Waals surface area contributed by atoms with Crippen molar-refractivity contribution in [3.05, 3.63) is 72.6 Å². The first-order chi connectivity index (χ1) is 16.1. The predicted octanol–water partition coefficient (Wildman–Crippen LogP) is 5.57. The summed E-state index contributed by atoms with van der Waals surface area (Å²) >= 11 is 3.00. The smallest absolute Gasteiger partial charge is 0.253 e. The number of nitrogens with zero attached hydrogens (tertiary/aromatic N) is 3. The van der Waals surface area contributed by atoms with Crippen LogP contribution in [0.25, 0.3) is 20.7 Å². The van der Waals surface area contributed by atoms with Crippen LogP contribution in [0.5, 0.6) is 0 Å². The molecular weight excluding hydrogens is 452 g/mol. The molecule has 2 heterocycles. The van der Waals surface area contributed by atoms with Gasteiger partial charge in [-0.2, -0.15) is 0 Å². The number of carbonyl (C=O) groups excluding carboxylic acids is 2. The Morgan fingerprint density at radius 3 is 2.42 bits per heavy atom. The molecule has 168 valence electrons. The zero-order chi connectivity index (χ0) is 23.2. The monoisotopic (exact) mass is 476 g/mol. The standard InChI is InChI=1S/C25H24N4O2S2/c1-3-29(4-2)25(31)18-10-12-19(13-11-18)28-22(30)15-32-23-20-14-21(17-8-6-5-7-9-17)33-24(20)27-16-26-23/h5-14,16H,3-4,15H2,1-2H3,(H,28,30). The van der Waals surface area contributed by atoms with Gasteiger partial charge in [0, 0.05) is 34.6 Å². The SMILES string of the molecule is CCN(CC)C(=O)c1ccc(NC(=O)CSc2ncnc3sc(-c4ccccc4)cc23)cc1. The zero-order valence-electron chi connectivity index (χ0n) is 18.4. The van der Waals surface area contributed by atoms with Crippen LogP contribution in [0.4, 0.5) is 5.69 Å². The van der Waals surface area contributed by atoms with Crippen molar-refractivity contribution in [1.82, 2.24) is 14.9 Å². The van der Waals surface area contributed by atoms with Crippen LogP contribution in [-0.4, -0.2) is 45.5 Å². The molecule has 0 bridgehead atoms. The van der Waals surface area contributed by atoms with Crippen molar-refractivity contribution in [3.8, 4) is 10.4 Å². The minimum atomic E-state index is -0.131. The van der Waals surface area contributed by atoms with Crippen LogP contribution in [0.15, 0.2) is 72.0 Å². The largest absolute Gasteiger partial charge is 0.339 e. The van der Waals surface area contributed by atoms with E-state index in [1.165, 1.54) is 11.8 Å². The van der Waals surface area contributed by atoms with E-state index in [1.807, 2.05) is 32.0 Å². The maximum Gasteiger partial charge on any atom is 0.253 e. The van der Waals surface area contributed by atoms with Gasteiger partial charge in [-0.1, -0.05) is 42.1 Å². The number of aromatic nitrogens is 2. The summed E-state index contributed by atoms with van der Waals surface area (Å²) in [7, 11) is 0. The lowest BCUT2D eigenvalue weighted by atomic mass is 10.2. The number of hydrogen-bond acceptors (Lipinski definition) is 6. The molecule has 0 aliphatic heterocycles. The van der Waals surface area contributed by atoms with E-state index in [2.05, 4.69) is 33.5 Å². The Hall–Kier alpha value is -3.23. The number of anilines is 1. The van der Waals surface area contributed by atoms with Crippen molar-refractivity contribution in [3.63, 3.8) is 0 Å². The summed E-state index contributed by atoms with van der Waals surface area (Å²) in [6, 6.07) is 19.2. The van der Waals surface area contributed by atoms with Gasteiger partial charge in [0.2, 0.25) is 5.91 Å². The molecule has 6 nitrogen and oxygen atoms in total. The summed E-state index contributed by atoms with van der Waals surface area (Å²) in [4.78, 5) is 37.5. The van der Waals surface area contributed by atoms with E-state index in [0.717, 1.165) is 25.7 Å². The molecule has 4 aromatic rings. The molecule has 2 aromatic carbocycles. The van der Waals surface area contributed by atoms with Gasteiger partial charge in [0.25, 0.3) is 5.91 Å². The van der Waals surface area contributed by atoms with Crippen molar-refractivity contribution in [1.29, 1.82) is 0 Å². The highest BCUT2D eigenvalue weighted by molar-refractivity contribution is 8.00. The van der Waals surface area contributed by atoms with Gasteiger partial charge < -0.3 is 10.2 Å². The maximum atomic E-state index is 12.5. The van der Waals surface area contributed by atoms with Crippen LogP contribution in [0.2, 0.25) is 0 Å². The number of fused-ring (bicyclic) bond motifs is 1. The van der Waals surface area contributed by atoms with Crippen molar-refractivity contribution >= 4 is 50.8 Å². The number of benzene rings is 2. The number of thioether (sulfide) groups is 1. The van der Waals surface area contributed by atoms with Gasteiger partial charge in [-0.05, 0) is 49.7 Å². The number of carbonyl (C=O) groups is 2. The molecule has 0 saturated heterocycles. The first-order valence-electron chi connectivity index (χ1n) is 10.7. The van der Waals surface area contributed by atoms with Crippen LogP contribution >= 0.6 is 23.1 Å². The normalized spacial score (nSPS) is 10.8. The molecule has 4 rings (SSSR count). The topological polar surface area (TPSA) is 75.2 Å². The van der Waals surface area contributed by atoms with E-state index in [9.17, 15) is 9.59 Å². The molecule has 1 N–H and O–H groups in total. The molecule has 0 aliphatic rings. The molecule has 33 heavy (non-hydrogen) atoms. The van der Waals surface area contributed by atoms with E-state index in [1.54, 1.807) is 46.8 Å². The van der Waals surface area contributed by atoms with Gasteiger partial charge in [-0.3, -0.25) is 9.59 Å². The molecule has 0 saturated carbocycles. The first kappa shape index (κ1) is 22.9. The lowest BCUT2D eigenvalue weighted by Gasteiger charge is -2.18. The minimum absolute atomic E-state index is 0.00755. The van der Waals surface area contributed by atoms with Crippen LogP contribution in [0.3, 0.4) is 0 Å². The van der Waals surface area contributed by atoms with E-state index in [0.29, 0.717) is 24.3 Å². The van der Waals surface area contributed by atoms with Crippen molar-refractivity contribution in [2.45, 2.75) is 18.9 Å². The number of hydrogen-bond donors (Lipinski definition) is 1. The van der Waals surface area contributed by atoms with Gasteiger partial charge in [0.05, 0.1) is 5.75 Å². The van der Waals surface area contributed by atoms with Gasteiger partial charge in [-0.15, -0.1) is 11.3 Å². The van der Waals surface area contributed by atoms with Gasteiger partial charge >= 0.3 is 0 Å². The van der Waals surface area contributed by atoms with Gasteiger partial charge in [0.1, 0.15) is 16.2 Å². The fourth-order valence-corrected chi connectivity index (χ4v) is 5.26. The van der Waals surface area contributed by atoms with Crippen molar-refractivity contribution in [2.75, 3.05) is 24.2 Å². The van der Waals surface area contributed by atoms with E-state index in [-0.39, 0.29) is 17.6 Å². The average molecular weight is 477 g/mol. The molecule has 0 radical (unpaired) electrons. The van der Waals surface area contributed by atoms with Crippen molar-refractivity contribution < 1.29 is 9.59 Å². The molecule has 2 amide bonds. The Kier molecular flexibility index (Phi) is 7.36. The Labute approximate surface area is 201 Å². The Bertz CT molecular complexity index is 1250. The summed E-state index contributed by atoms with van der Waals surface area (Å²) < 4.78 is 0. The summed E-state index contributed by atoms with van der Waals surface area (Å²) in [5, 5.41) is 4.63. The summed E-state index contributed by atoms with van der Waals surface area (Å²) in [6.45, 7) is 5.24. The summed E-state index contributed by atoms with van der Waals surface area (Å²) in [5.41, 5.74) is 2.41. The maximum absolute atomic E-state index is 12.5. The molecule has 0 unspecified atom stereocenters. The fourth-order valence-electron chi connectivity index (χ4n) is 3.41. The number of amides is 2. The predicted molar refractivity (Wildman–Crippen MR) is 136 cm³/mol. The van der Waals surface area contributed by atoms with Crippen molar-refractivity contribution in [2.24, 2.45) is 0 Å². The molecule has 8 heteroatoms. The molecule has 2 aromatic heterocycles. The lowest BCUT2D eigenvalue weighted by molar-refractivity contribution is -0.113.